The summed E-state index contributed by atoms with van der Waals surface area (Å²) in [5.41, 5.74) is 10.2. The predicted molar refractivity (Wildman–Crippen MR) is 216 cm³/mol. The molecule has 54 heavy (non-hydrogen) atoms. The molecule has 9 rings (SSSR count). The second-order valence-electron chi connectivity index (χ2n) is 12.9. The topological polar surface area (TPSA) is 66.5 Å². The van der Waals surface area contributed by atoms with E-state index in [1.807, 2.05) is 36.0 Å². The number of rotatable bonds is 10. The van der Waals surface area contributed by atoms with E-state index in [9.17, 15) is 0 Å². The van der Waals surface area contributed by atoms with Gasteiger partial charge in [-0.05, 0) is 52.1 Å². The van der Waals surface area contributed by atoms with Gasteiger partial charge >= 0.3 is 0 Å². The number of pyridine rings is 1. The summed E-state index contributed by atoms with van der Waals surface area (Å²) < 4.78 is 15.4. The average molecular weight is 722 g/mol. The standard InChI is InChI=1S/C46H35N5O2S/c1-52-41-24-22-34(28-42(41)53-2)32-18-20-33(21-19-32)44-39(35-23-25-43-48-29-40(50(43)30-35)45-47-26-27-54-45)31-51(49-44)46(36-12-6-3-7-13-36,37-14-8-4-9-15-37)38-16-10-5-11-17-38/h3-31H,1-2H3. The fraction of sp³-hybridized carbons (Fsp3) is 0.0652. The fourth-order valence-electron chi connectivity index (χ4n) is 7.39. The van der Waals surface area contributed by atoms with Crippen LogP contribution in [0.4, 0.5) is 0 Å². The number of imidazole rings is 1. The Morgan fingerprint density at radius 3 is 1.76 bits per heavy atom. The van der Waals surface area contributed by atoms with E-state index in [0.29, 0.717) is 11.5 Å². The highest BCUT2D eigenvalue weighted by Gasteiger charge is 2.40. The first kappa shape index (κ1) is 33.1. The summed E-state index contributed by atoms with van der Waals surface area (Å²) in [7, 11) is 3.31. The Bertz CT molecular complexity index is 2570. The van der Waals surface area contributed by atoms with Crippen LogP contribution >= 0.6 is 11.3 Å². The van der Waals surface area contributed by atoms with Crippen molar-refractivity contribution in [2.75, 3.05) is 14.2 Å². The molecule has 262 valence electrons. The van der Waals surface area contributed by atoms with E-state index >= 15 is 0 Å². The summed E-state index contributed by atoms with van der Waals surface area (Å²) in [5.74, 6) is 1.38. The molecule has 0 atom stereocenters. The number of methoxy groups -OCH3 is 2. The third-order valence-corrected chi connectivity index (χ3v) is 10.8. The lowest BCUT2D eigenvalue weighted by molar-refractivity contribution is 0.355. The molecule has 0 aliphatic carbocycles. The molecule has 0 unspecified atom stereocenters. The molecule has 5 aromatic carbocycles. The highest BCUT2D eigenvalue weighted by Crippen LogP contribution is 2.44. The van der Waals surface area contributed by atoms with Crippen molar-refractivity contribution in [1.29, 1.82) is 0 Å². The number of nitrogens with zero attached hydrogens (tertiary/aromatic N) is 5. The zero-order valence-electron chi connectivity index (χ0n) is 29.7. The van der Waals surface area contributed by atoms with Gasteiger partial charge in [0.1, 0.15) is 27.6 Å². The van der Waals surface area contributed by atoms with Crippen LogP contribution in [-0.4, -0.2) is 38.4 Å². The number of ether oxygens (including phenoxy) is 2. The molecular weight excluding hydrogens is 687 g/mol. The van der Waals surface area contributed by atoms with E-state index in [-0.39, 0.29) is 0 Å². The van der Waals surface area contributed by atoms with Gasteiger partial charge < -0.3 is 9.47 Å². The largest absolute Gasteiger partial charge is 0.493 e. The minimum Gasteiger partial charge on any atom is -0.493 e. The normalized spacial score (nSPS) is 11.5. The Labute approximate surface area is 317 Å². The van der Waals surface area contributed by atoms with Gasteiger partial charge in [-0.15, -0.1) is 11.3 Å². The number of hydrogen-bond acceptors (Lipinski definition) is 6. The highest BCUT2D eigenvalue weighted by atomic mass is 32.1. The van der Waals surface area contributed by atoms with Crippen LogP contribution in [0.2, 0.25) is 0 Å². The van der Waals surface area contributed by atoms with E-state index in [4.69, 9.17) is 19.6 Å². The maximum absolute atomic E-state index is 5.61. The Balaban J connectivity index is 1.29. The van der Waals surface area contributed by atoms with Gasteiger partial charge in [0.05, 0.1) is 20.4 Å². The van der Waals surface area contributed by atoms with Crippen LogP contribution in [0.25, 0.3) is 49.9 Å². The number of aromatic nitrogens is 5. The molecule has 0 spiro atoms. The summed E-state index contributed by atoms with van der Waals surface area (Å²) in [6.45, 7) is 0. The summed E-state index contributed by atoms with van der Waals surface area (Å²) in [6.07, 6.45) is 8.07. The summed E-state index contributed by atoms with van der Waals surface area (Å²) in [6, 6.07) is 50.7. The minimum atomic E-state index is -0.790. The van der Waals surface area contributed by atoms with Crippen molar-refractivity contribution in [2.24, 2.45) is 0 Å². The van der Waals surface area contributed by atoms with Gasteiger partial charge in [-0.25, -0.2) is 9.97 Å². The first-order valence-electron chi connectivity index (χ1n) is 17.6. The maximum Gasteiger partial charge on any atom is 0.161 e. The molecule has 4 aromatic heterocycles. The summed E-state index contributed by atoms with van der Waals surface area (Å²) in [4.78, 5) is 9.30. The van der Waals surface area contributed by atoms with Crippen molar-refractivity contribution in [1.82, 2.24) is 24.1 Å². The van der Waals surface area contributed by atoms with Crippen LogP contribution in [0.1, 0.15) is 16.7 Å². The number of hydrogen-bond donors (Lipinski definition) is 0. The second kappa shape index (κ2) is 14.0. The predicted octanol–water partition coefficient (Wildman–Crippen LogP) is 10.5. The summed E-state index contributed by atoms with van der Waals surface area (Å²) in [5, 5.41) is 8.50. The average Bonchev–Trinajstić information content (AvgIpc) is 4.03. The van der Waals surface area contributed by atoms with E-state index in [1.165, 1.54) is 0 Å². The third-order valence-electron chi connectivity index (χ3n) is 9.98. The van der Waals surface area contributed by atoms with Gasteiger partial charge in [-0.3, -0.25) is 9.08 Å². The third kappa shape index (κ3) is 5.64. The Hall–Kier alpha value is -6.77. The van der Waals surface area contributed by atoms with E-state index < -0.39 is 5.54 Å². The molecule has 0 aliphatic rings. The lowest BCUT2D eigenvalue weighted by Crippen LogP contribution is -2.38. The Morgan fingerprint density at radius 2 is 1.17 bits per heavy atom. The van der Waals surface area contributed by atoms with Gasteiger partial charge in [0.2, 0.25) is 0 Å². The molecular formula is C46H35N5O2S. The first-order valence-corrected chi connectivity index (χ1v) is 18.5. The molecule has 0 N–H and O–H groups in total. The monoisotopic (exact) mass is 721 g/mol. The smallest absolute Gasteiger partial charge is 0.161 e. The van der Waals surface area contributed by atoms with Crippen molar-refractivity contribution in [3.05, 3.63) is 192 Å². The lowest BCUT2D eigenvalue weighted by atomic mass is 9.77. The lowest BCUT2D eigenvalue weighted by Gasteiger charge is -2.36. The zero-order valence-corrected chi connectivity index (χ0v) is 30.5. The Kier molecular flexibility index (Phi) is 8.57. The van der Waals surface area contributed by atoms with Crippen molar-refractivity contribution >= 4 is 17.0 Å². The van der Waals surface area contributed by atoms with Crippen LogP contribution in [0.5, 0.6) is 11.5 Å². The van der Waals surface area contributed by atoms with E-state index in [1.54, 1.807) is 25.6 Å². The molecule has 0 radical (unpaired) electrons. The minimum absolute atomic E-state index is 0.686. The molecule has 8 heteroatoms. The number of benzene rings is 5. The second-order valence-corrected chi connectivity index (χ2v) is 13.8. The van der Waals surface area contributed by atoms with Crippen molar-refractivity contribution in [2.45, 2.75) is 5.54 Å². The number of fused-ring (bicyclic) bond motifs is 1. The SMILES string of the molecule is COc1ccc(-c2ccc(-c3nn(C(c4ccccc4)(c4ccccc4)c4ccccc4)cc3-c3ccc4ncc(-c5nccs5)n4c3)cc2)cc1OC. The van der Waals surface area contributed by atoms with Crippen LogP contribution in [-0.2, 0) is 5.54 Å². The maximum atomic E-state index is 5.61. The van der Waals surface area contributed by atoms with Crippen molar-refractivity contribution in [3.63, 3.8) is 0 Å². The van der Waals surface area contributed by atoms with E-state index in [2.05, 4.69) is 154 Å². The molecule has 9 aromatic rings. The molecule has 0 amide bonds. The Morgan fingerprint density at radius 1 is 0.574 bits per heavy atom. The van der Waals surface area contributed by atoms with Crippen LogP contribution in [0.3, 0.4) is 0 Å². The van der Waals surface area contributed by atoms with Gasteiger partial charge in [0, 0.05) is 40.7 Å². The van der Waals surface area contributed by atoms with Gasteiger partial charge in [-0.2, -0.15) is 5.10 Å². The van der Waals surface area contributed by atoms with Crippen molar-refractivity contribution < 1.29 is 9.47 Å². The zero-order chi connectivity index (χ0) is 36.5. The molecule has 0 bridgehead atoms. The molecule has 0 fully saturated rings. The van der Waals surface area contributed by atoms with Crippen LogP contribution in [0, 0.1) is 0 Å². The molecule has 0 aliphatic heterocycles. The quantitative estimate of drug-likeness (QED) is 0.132. The first-order chi connectivity index (χ1) is 26.7. The molecule has 0 saturated carbocycles. The van der Waals surface area contributed by atoms with E-state index in [0.717, 1.165) is 66.6 Å². The van der Waals surface area contributed by atoms with Crippen LogP contribution < -0.4 is 9.47 Å². The van der Waals surface area contributed by atoms with Gasteiger partial charge in [0.25, 0.3) is 0 Å². The fourth-order valence-corrected chi connectivity index (χ4v) is 8.03. The summed E-state index contributed by atoms with van der Waals surface area (Å²) >= 11 is 1.60. The molecule has 4 heterocycles. The molecule has 7 nitrogen and oxygen atoms in total. The molecule has 0 saturated heterocycles. The van der Waals surface area contributed by atoms with Crippen LogP contribution in [0.15, 0.2) is 176 Å². The highest BCUT2D eigenvalue weighted by molar-refractivity contribution is 7.13. The van der Waals surface area contributed by atoms with Crippen molar-refractivity contribution in [3.8, 4) is 55.7 Å². The van der Waals surface area contributed by atoms with Gasteiger partial charge in [0.15, 0.2) is 11.5 Å². The van der Waals surface area contributed by atoms with Gasteiger partial charge in [-0.1, -0.05) is 121 Å². The number of thiazole rings is 1.